The quantitative estimate of drug-likeness (QED) is 0.168. The highest BCUT2D eigenvalue weighted by Gasteiger charge is 2.60. The second-order valence-electron chi connectivity index (χ2n) is 12.2. The predicted octanol–water partition coefficient (Wildman–Crippen LogP) is 9.79. The van der Waals surface area contributed by atoms with Crippen LogP contribution in [0.5, 0.6) is 23.0 Å². The highest BCUT2D eigenvalue weighted by Crippen LogP contribution is 2.48. The van der Waals surface area contributed by atoms with Gasteiger partial charge in [0.05, 0.1) is 0 Å². The molecule has 0 aliphatic rings. The van der Waals surface area contributed by atoms with Gasteiger partial charge in [-0.3, -0.25) is 0 Å². The summed E-state index contributed by atoms with van der Waals surface area (Å²) in [5.41, 5.74) is 0. The van der Waals surface area contributed by atoms with Gasteiger partial charge in [-0.05, 0) is 48.5 Å². The summed E-state index contributed by atoms with van der Waals surface area (Å²) in [4.78, 5) is 0. The number of hydrogen-bond donors (Lipinski definition) is 0. The molecule has 0 heterocycles. The molecule has 0 saturated carbocycles. The van der Waals surface area contributed by atoms with Crippen molar-refractivity contribution in [1.82, 2.24) is 0 Å². The summed E-state index contributed by atoms with van der Waals surface area (Å²) >= 11 is 0. The van der Waals surface area contributed by atoms with Crippen molar-refractivity contribution in [3.8, 4) is 23.0 Å². The van der Waals surface area contributed by atoms with Gasteiger partial charge in [-0.25, -0.2) is 0 Å². The topological polar surface area (TPSA) is 36.9 Å². The number of hydrogen-bond acceptors (Lipinski definition) is 4. The van der Waals surface area contributed by atoms with Gasteiger partial charge in [0.15, 0.2) is 0 Å². The van der Waals surface area contributed by atoms with E-state index in [2.05, 4.69) is 41.5 Å². The highest BCUT2D eigenvalue weighted by atomic mass is 28.4. The van der Waals surface area contributed by atoms with Gasteiger partial charge in [-0.2, -0.15) is 0 Å². The molecule has 4 rings (SSSR count). The fraction of sp³-hybridized carbons (Fsp3) is 0.294. The Morgan fingerprint density at radius 3 is 0.750 bits per heavy atom. The van der Waals surface area contributed by atoms with Crippen LogP contribution in [0.15, 0.2) is 121 Å². The van der Waals surface area contributed by atoms with Crippen LogP contribution in [0.2, 0.25) is 22.2 Å². The Morgan fingerprint density at radius 1 is 0.375 bits per heavy atom. The van der Waals surface area contributed by atoms with E-state index in [0.29, 0.717) is 12.1 Å². The lowest BCUT2D eigenvalue weighted by molar-refractivity contribution is 0.317. The average molecular weight is 571 g/mol. The molecule has 0 radical (unpaired) electrons. The zero-order chi connectivity index (χ0) is 28.7. The van der Waals surface area contributed by atoms with Gasteiger partial charge >= 0.3 is 17.1 Å². The zero-order valence-corrected chi connectivity index (χ0v) is 26.6. The molecule has 4 nitrogen and oxygen atoms in total. The summed E-state index contributed by atoms with van der Waals surface area (Å²) in [6, 6.07) is 41.5. The van der Waals surface area contributed by atoms with E-state index >= 15 is 0 Å². The second kappa shape index (κ2) is 12.4. The molecule has 0 unspecified atom stereocenters. The lowest BCUT2D eigenvalue weighted by Gasteiger charge is -2.45. The van der Waals surface area contributed by atoms with E-state index in [-0.39, 0.29) is 10.1 Å². The van der Waals surface area contributed by atoms with Crippen molar-refractivity contribution in [3.63, 3.8) is 0 Å². The van der Waals surface area contributed by atoms with Crippen LogP contribution in [0.4, 0.5) is 0 Å². The molecule has 0 N–H and O–H groups in total. The van der Waals surface area contributed by atoms with E-state index in [9.17, 15) is 0 Å². The summed E-state index contributed by atoms with van der Waals surface area (Å²) in [6.45, 7) is 13.3. The SMILES string of the molecule is CC(C)(C)[Si](CC[Si](Oc1ccccc1)(Oc1ccccc1)C(C)(C)C)(Oc1ccccc1)Oc1ccccc1. The molecule has 0 aromatic heterocycles. The van der Waals surface area contributed by atoms with E-state index in [1.807, 2.05) is 121 Å². The molecular formula is C34H42O4Si2. The van der Waals surface area contributed by atoms with Crippen molar-refractivity contribution in [3.05, 3.63) is 121 Å². The number of rotatable bonds is 11. The van der Waals surface area contributed by atoms with Gasteiger partial charge < -0.3 is 17.7 Å². The first-order chi connectivity index (χ1) is 19.0. The smallest absolute Gasteiger partial charge is 0.466 e. The Morgan fingerprint density at radius 2 is 0.575 bits per heavy atom. The minimum absolute atomic E-state index is 0.268. The molecular weight excluding hydrogens is 529 g/mol. The number of benzene rings is 4. The summed E-state index contributed by atoms with van der Waals surface area (Å²) in [7, 11) is -6.05. The first-order valence-electron chi connectivity index (χ1n) is 14.0. The molecule has 6 heteroatoms. The van der Waals surface area contributed by atoms with Crippen molar-refractivity contribution < 1.29 is 17.7 Å². The highest BCUT2D eigenvalue weighted by molar-refractivity contribution is 6.77. The first-order valence-corrected chi connectivity index (χ1v) is 18.0. The van der Waals surface area contributed by atoms with Crippen LogP contribution in [-0.2, 0) is 0 Å². The third kappa shape index (κ3) is 7.17. The Bertz CT molecular complexity index is 1110. The molecule has 0 aliphatic heterocycles. The maximum atomic E-state index is 7.01. The van der Waals surface area contributed by atoms with E-state index in [1.165, 1.54) is 0 Å². The lowest BCUT2D eigenvalue weighted by Crippen LogP contribution is -2.61. The lowest BCUT2D eigenvalue weighted by atomic mass is 10.2. The maximum Gasteiger partial charge on any atom is 0.466 e. The second-order valence-corrected chi connectivity index (χ2v) is 20.0. The molecule has 0 aliphatic carbocycles. The van der Waals surface area contributed by atoms with Crippen LogP contribution in [-0.4, -0.2) is 17.1 Å². The van der Waals surface area contributed by atoms with E-state index < -0.39 is 17.1 Å². The molecule has 0 saturated heterocycles. The Kier molecular flexibility index (Phi) is 9.11. The molecule has 0 spiro atoms. The van der Waals surface area contributed by atoms with Gasteiger partial charge in [0.1, 0.15) is 23.0 Å². The molecule has 0 bridgehead atoms. The third-order valence-corrected chi connectivity index (χ3v) is 16.3. The van der Waals surface area contributed by atoms with Gasteiger partial charge in [0, 0.05) is 22.2 Å². The fourth-order valence-electron chi connectivity index (χ4n) is 4.65. The van der Waals surface area contributed by atoms with Gasteiger partial charge in [-0.15, -0.1) is 0 Å². The van der Waals surface area contributed by atoms with Crippen LogP contribution in [0.25, 0.3) is 0 Å². The average Bonchev–Trinajstić information content (AvgIpc) is 2.92. The van der Waals surface area contributed by atoms with Crippen molar-refractivity contribution in [2.75, 3.05) is 0 Å². The van der Waals surface area contributed by atoms with Crippen molar-refractivity contribution in [2.24, 2.45) is 0 Å². The first kappa shape index (κ1) is 29.5. The Hall–Kier alpha value is -3.49. The summed E-state index contributed by atoms with van der Waals surface area (Å²) in [5.74, 6) is 3.26. The van der Waals surface area contributed by atoms with Crippen LogP contribution in [0.1, 0.15) is 41.5 Å². The standard InChI is InChI=1S/C34H42O4Si2/c1-33(2,3)39(35-29-19-11-7-12-20-29,36-30-21-13-8-14-22-30)27-28-40(34(4,5)6,37-31-23-15-9-16-24-31)38-32-25-17-10-18-26-32/h7-26H,27-28H2,1-6H3. The largest absolute Gasteiger partial charge is 0.512 e. The number of para-hydroxylation sites is 4. The van der Waals surface area contributed by atoms with Crippen molar-refractivity contribution >= 4 is 17.1 Å². The maximum absolute atomic E-state index is 7.01. The monoisotopic (exact) mass is 570 g/mol. The van der Waals surface area contributed by atoms with Gasteiger partial charge in [0.2, 0.25) is 0 Å². The minimum Gasteiger partial charge on any atom is -0.512 e. The van der Waals surface area contributed by atoms with Crippen molar-refractivity contribution in [2.45, 2.75) is 63.7 Å². The van der Waals surface area contributed by atoms with Crippen molar-refractivity contribution in [1.29, 1.82) is 0 Å². The van der Waals surface area contributed by atoms with Gasteiger partial charge in [0.25, 0.3) is 0 Å². The van der Waals surface area contributed by atoms with E-state index in [0.717, 1.165) is 23.0 Å². The fourth-order valence-corrected chi connectivity index (χ4v) is 12.6. The van der Waals surface area contributed by atoms with Crippen LogP contribution >= 0.6 is 0 Å². The molecule has 0 atom stereocenters. The summed E-state index contributed by atoms with van der Waals surface area (Å²) in [6.07, 6.45) is 0. The van der Waals surface area contributed by atoms with Crippen LogP contribution in [0.3, 0.4) is 0 Å². The molecule has 0 amide bonds. The van der Waals surface area contributed by atoms with Gasteiger partial charge in [-0.1, -0.05) is 114 Å². The molecule has 0 fully saturated rings. The van der Waals surface area contributed by atoms with E-state index in [4.69, 9.17) is 17.7 Å². The normalized spacial score (nSPS) is 12.4. The van der Waals surface area contributed by atoms with Crippen LogP contribution < -0.4 is 17.7 Å². The molecule has 40 heavy (non-hydrogen) atoms. The Balaban J connectivity index is 1.80. The summed E-state index contributed by atoms with van der Waals surface area (Å²) < 4.78 is 28.0. The molecule has 4 aromatic rings. The van der Waals surface area contributed by atoms with Crippen LogP contribution in [0, 0.1) is 0 Å². The molecule has 4 aromatic carbocycles. The minimum atomic E-state index is -3.03. The third-order valence-electron chi connectivity index (χ3n) is 7.17. The summed E-state index contributed by atoms with van der Waals surface area (Å²) in [5, 5.41) is -0.535. The Labute approximate surface area is 242 Å². The molecule has 210 valence electrons. The predicted molar refractivity (Wildman–Crippen MR) is 169 cm³/mol. The zero-order valence-electron chi connectivity index (χ0n) is 24.6. The van der Waals surface area contributed by atoms with E-state index in [1.54, 1.807) is 0 Å².